The Bertz CT molecular complexity index is 647. The van der Waals surface area contributed by atoms with Gasteiger partial charge in [-0.1, -0.05) is 0 Å². The van der Waals surface area contributed by atoms with Gasteiger partial charge in [-0.05, 0) is 24.9 Å². The van der Waals surface area contributed by atoms with Crippen molar-refractivity contribution in [3.05, 3.63) is 34.0 Å². The normalized spacial score (nSPS) is 11.9. The van der Waals surface area contributed by atoms with Crippen molar-refractivity contribution in [3.8, 4) is 0 Å². The van der Waals surface area contributed by atoms with Gasteiger partial charge < -0.3 is 10.3 Å². The molecule has 0 unspecified atom stereocenters. The Morgan fingerprint density at radius 2 is 2.25 bits per heavy atom. The largest absolute Gasteiger partial charge is 0.348 e. The van der Waals surface area contributed by atoms with Gasteiger partial charge in [0.2, 0.25) is 10.0 Å². The van der Waals surface area contributed by atoms with Gasteiger partial charge in [-0.25, -0.2) is 18.1 Å². The smallest absolute Gasteiger partial charge is 0.241 e. The van der Waals surface area contributed by atoms with Crippen LogP contribution >= 0.6 is 11.3 Å². The molecule has 2 rings (SSSR count). The molecule has 0 radical (unpaired) electrons. The third-order valence-corrected chi connectivity index (χ3v) is 5.76. The van der Waals surface area contributed by atoms with E-state index in [4.69, 9.17) is 0 Å². The van der Waals surface area contributed by atoms with E-state index in [1.54, 1.807) is 19.6 Å². The maximum atomic E-state index is 12.4. The molecule has 8 heteroatoms. The van der Waals surface area contributed by atoms with Gasteiger partial charge in [0.15, 0.2) is 0 Å². The monoisotopic (exact) mass is 314 g/mol. The molecule has 110 valence electrons. The van der Waals surface area contributed by atoms with Crippen LogP contribution in [0.25, 0.3) is 0 Å². The lowest BCUT2D eigenvalue weighted by Crippen LogP contribution is -2.27. The summed E-state index contributed by atoms with van der Waals surface area (Å²) in [5.74, 6) is 0. The molecule has 2 aromatic rings. The van der Waals surface area contributed by atoms with Gasteiger partial charge in [0.25, 0.3) is 0 Å². The first-order valence-corrected chi connectivity index (χ1v) is 8.59. The number of H-pyrrole nitrogens is 1. The van der Waals surface area contributed by atoms with Gasteiger partial charge in [-0.2, -0.15) is 0 Å². The second-order valence-corrected chi connectivity index (χ2v) is 7.09. The Balaban J connectivity index is 2.08. The van der Waals surface area contributed by atoms with Crippen molar-refractivity contribution in [1.82, 2.24) is 20.0 Å². The van der Waals surface area contributed by atoms with Crippen LogP contribution in [0.3, 0.4) is 0 Å². The number of thiophene rings is 1. The Hall–Kier alpha value is -1.22. The van der Waals surface area contributed by atoms with Crippen LogP contribution in [0.4, 0.5) is 0 Å². The molecule has 0 saturated carbocycles. The number of hydrogen-bond donors (Lipinski definition) is 3. The lowest BCUT2D eigenvalue weighted by atomic mass is 10.3. The van der Waals surface area contributed by atoms with Crippen LogP contribution in [0.1, 0.15) is 16.1 Å². The fourth-order valence-electron chi connectivity index (χ4n) is 1.94. The number of nitrogens with zero attached hydrogens (tertiary/aromatic N) is 1. The first-order valence-electron chi connectivity index (χ1n) is 6.23. The van der Waals surface area contributed by atoms with Gasteiger partial charge in [-0.3, -0.25) is 0 Å². The molecule has 0 fully saturated rings. The SMILES string of the molecule is CNCc1scc(C)c1S(=O)(=O)NCCc1cnc[nH]1. The third kappa shape index (κ3) is 3.45. The van der Waals surface area contributed by atoms with E-state index in [-0.39, 0.29) is 0 Å². The summed E-state index contributed by atoms with van der Waals surface area (Å²) in [4.78, 5) is 8.08. The van der Waals surface area contributed by atoms with Crippen LogP contribution in [-0.2, 0) is 23.0 Å². The minimum absolute atomic E-state index is 0.346. The van der Waals surface area contributed by atoms with E-state index in [1.165, 1.54) is 11.3 Å². The molecule has 0 bridgehead atoms. The van der Waals surface area contributed by atoms with E-state index in [2.05, 4.69) is 20.0 Å². The van der Waals surface area contributed by atoms with Crippen molar-refractivity contribution in [3.63, 3.8) is 0 Å². The zero-order chi connectivity index (χ0) is 14.6. The minimum Gasteiger partial charge on any atom is -0.348 e. The minimum atomic E-state index is -3.47. The number of imidazole rings is 1. The Morgan fingerprint density at radius 3 is 2.90 bits per heavy atom. The van der Waals surface area contributed by atoms with Crippen molar-refractivity contribution in [1.29, 1.82) is 0 Å². The van der Waals surface area contributed by atoms with Crippen LogP contribution in [0.15, 0.2) is 22.8 Å². The molecule has 0 atom stereocenters. The summed E-state index contributed by atoms with van der Waals surface area (Å²) in [6, 6.07) is 0. The molecule has 0 amide bonds. The topological polar surface area (TPSA) is 86.9 Å². The summed E-state index contributed by atoms with van der Waals surface area (Å²) < 4.78 is 27.4. The average molecular weight is 314 g/mol. The first kappa shape index (κ1) is 15.2. The Labute approximate surface area is 122 Å². The maximum Gasteiger partial charge on any atom is 0.241 e. The molecule has 3 N–H and O–H groups in total. The summed E-state index contributed by atoms with van der Waals surface area (Å²) >= 11 is 1.46. The van der Waals surface area contributed by atoms with Gasteiger partial charge in [0.1, 0.15) is 4.90 Å². The summed E-state index contributed by atoms with van der Waals surface area (Å²) in [5.41, 5.74) is 1.69. The highest BCUT2D eigenvalue weighted by Gasteiger charge is 2.22. The number of nitrogens with one attached hydrogen (secondary N) is 3. The summed E-state index contributed by atoms with van der Waals surface area (Å²) in [7, 11) is -1.66. The van der Waals surface area contributed by atoms with Crippen LogP contribution in [0.2, 0.25) is 0 Å². The van der Waals surface area contributed by atoms with E-state index in [0.29, 0.717) is 24.4 Å². The van der Waals surface area contributed by atoms with E-state index < -0.39 is 10.0 Å². The van der Waals surface area contributed by atoms with Crippen LogP contribution < -0.4 is 10.0 Å². The zero-order valence-corrected chi connectivity index (χ0v) is 13.1. The first-order chi connectivity index (χ1) is 9.54. The molecule has 0 aromatic carbocycles. The molecular formula is C12H18N4O2S2. The highest BCUT2D eigenvalue weighted by atomic mass is 32.2. The predicted molar refractivity (Wildman–Crippen MR) is 79.3 cm³/mol. The molecule has 2 heterocycles. The molecule has 20 heavy (non-hydrogen) atoms. The average Bonchev–Trinajstić information content (AvgIpc) is 3.00. The fourth-order valence-corrected chi connectivity index (χ4v) is 4.79. The fraction of sp³-hybridized carbons (Fsp3) is 0.417. The van der Waals surface area contributed by atoms with Crippen molar-refractivity contribution in [2.24, 2.45) is 0 Å². The maximum absolute atomic E-state index is 12.4. The zero-order valence-electron chi connectivity index (χ0n) is 11.4. The lowest BCUT2D eigenvalue weighted by molar-refractivity contribution is 0.579. The molecular weight excluding hydrogens is 296 g/mol. The second kappa shape index (κ2) is 6.49. The van der Waals surface area contributed by atoms with Crippen molar-refractivity contribution in [2.45, 2.75) is 24.8 Å². The van der Waals surface area contributed by atoms with E-state index in [1.807, 2.05) is 12.3 Å². The van der Waals surface area contributed by atoms with E-state index in [9.17, 15) is 8.42 Å². The van der Waals surface area contributed by atoms with Gasteiger partial charge in [0, 0.05) is 36.3 Å². The molecule has 0 aliphatic rings. The number of rotatable bonds is 7. The summed E-state index contributed by atoms with van der Waals surface area (Å²) in [6.45, 7) is 2.72. The van der Waals surface area contributed by atoms with Crippen molar-refractivity contribution >= 4 is 21.4 Å². The molecule has 2 aromatic heterocycles. The Morgan fingerprint density at radius 1 is 1.45 bits per heavy atom. The highest BCUT2D eigenvalue weighted by molar-refractivity contribution is 7.89. The lowest BCUT2D eigenvalue weighted by Gasteiger charge is -2.08. The highest BCUT2D eigenvalue weighted by Crippen LogP contribution is 2.26. The molecule has 0 spiro atoms. The van der Waals surface area contributed by atoms with Gasteiger partial charge >= 0.3 is 0 Å². The number of aromatic nitrogens is 2. The molecule has 6 nitrogen and oxygen atoms in total. The Kier molecular flexibility index (Phi) is 4.92. The third-order valence-electron chi connectivity index (χ3n) is 2.84. The van der Waals surface area contributed by atoms with E-state index in [0.717, 1.165) is 16.1 Å². The number of aryl methyl sites for hydroxylation is 1. The summed E-state index contributed by atoms with van der Waals surface area (Å²) in [6.07, 6.45) is 3.86. The number of hydrogen-bond acceptors (Lipinski definition) is 5. The van der Waals surface area contributed by atoms with Crippen LogP contribution in [0, 0.1) is 6.92 Å². The van der Waals surface area contributed by atoms with E-state index >= 15 is 0 Å². The van der Waals surface area contributed by atoms with Gasteiger partial charge in [-0.15, -0.1) is 11.3 Å². The van der Waals surface area contributed by atoms with Crippen LogP contribution in [0.5, 0.6) is 0 Å². The number of aromatic amines is 1. The molecule has 0 aliphatic heterocycles. The molecule has 0 saturated heterocycles. The summed E-state index contributed by atoms with van der Waals surface area (Å²) in [5, 5.41) is 4.86. The molecule has 0 aliphatic carbocycles. The number of sulfonamides is 1. The van der Waals surface area contributed by atoms with Gasteiger partial charge in [0.05, 0.1) is 6.33 Å². The standard InChI is InChI=1S/C12H18N4O2S2/c1-9-7-19-11(6-13-2)12(9)20(17,18)16-4-3-10-5-14-8-15-10/h5,7-8,13,16H,3-4,6H2,1-2H3,(H,14,15). The quantitative estimate of drug-likeness (QED) is 0.712. The van der Waals surface area contributed by atoms with Crippen molar-refractivity contribution in [2.75, 3.05) is 13.6 Å². The van der Waals surface area contributed by atoms with Crippen molar-refractivity contribution < 1.29 is 8.42 Å². The van der Waals surface area contributed by atoms with Crippen LogP contribution in [-0.4, -0.2) is 32.0 Å². The second-order valence-electron chi connectivity index (χ2n) is 4.43. The predicted octanol–water partition coefficient (Wildman–Crippen LogP) is 1.02.